The molecule has 0 spiro atoms. The van der Waals surface area contributed by atoms with Gasteiger partial charge < -0.3 is 10.6 Å². The highest BCUT2D eigenvalue weighted by Crippen LogP contribution is 2.19. The fraction of sp³-hybridized carbons (Fsp3) is 0.294. The molecule has 3 rings (SSSR count). The highest BCUT2D eigenvalue weighted by Gasteiger charge is 2.23. The van der Waals surface area contributed by atoms with Crippen molar-refractivity contribution >= 4 is 40.3 Å². The van der Waals surface area contributed by atoms with E-state index in [0.717, 1.165) is 17.4 Å². The predicted molar refractivity (Wildman–Crippen MR) is 101 cm³/mol. The molecule has 1 amide bonds. The Balaban J connectivity index is 0.00000225. The number of likely N-dealkylation sites (tertiary alicyclic amines) is 1. The molecule has 1 fully saturated rings. The summed E-state index contributed by atoms with van der Waals surface area (Å²) in [6.07, 6.45) is 7.33. The number of carbonyl (C=O) groups excluding carboxylic acids is 1. The van der Waals surface area contributed by atoms with Crippen LogP contribution in [0.1, 0.15) is 12.0 Å². The van der Waals surface area contributed by atoms with Crippen LogP contribution >= 0.6 is 28.3 Å². The van der Waals surface area contributed by atoms with Crippen molar-refractivity contribution in [2.75, 3.05) is 19.6 Å². The van der Waals surface area contributed by atoms with Gasteiger partial charge in [0.2, 0.25) is 5.91 Å². The maximum atomic E-state index is 14.2. The lowest BCUT2D eigenvalue weighted by Gasteiger charge is -2.13. The van der Waals surface area contributed by atoms with Crippen molar-refractivity contribution in [3.63, 3.8) is 0 Å². The molecule has 8 heteroatoms. The molecule has 1 atom stereocenters. The van der Waals surface area contributed by atoms with Crippen LogP contribution < -0.4 is 5.73 Å². The third kappa shape index (κ3) is 4.68. The fourth-order valence-electron chi connectivity index (χ4n) is 2.74. The second-order valence-corrected chi connectivity index (χ2v) is 6.74. The van der Waals surface area contributed by atoms with Crippen molar-refractivity contribution in [3.05, 3.63) is 52.5 Å². The van der Waals surface area contributed by atoms with Crippen LogP contribution in [0.4, 0.5) is 4.39 Å². The number of hydrogen-bond donors (Lipinski definition) is 1. The summed E-state index contributed by atoms with van der Waals surface area (Å²) in [4.78, 5) is 13.9. The summed E-state index contributed by atoms with van der Waals surface area (Å²) in [5.41, 5.74) is 6.62. The molecule has 134 valence electrons. The van der Waals surface area contributed by atoms with E-state index in [-0.39, 0.29) is 18.3 Å². The predicted octanol–water partition coefficient (Wildman–Crippen LogP) is 3.02. The first-order valence-corrected chi connectivity index (χ1v) is 8.53. The molecule has 1 aromatic heterocycles. The zero-order chi connectivity index (χ0) is 17.1. The van der Waals surface area contributed by atoms with E-state index in [4.69, 9.17) is 5.73 Å². The summed E-state index contributed by atoms with van der Waals surface area (Å²) in [7, 11) is 0. The molecule has 1 aliphatic rings. The number of halogens is 3. The second kappa shape index (κ2) is 8.60. The van der Waals surface area contributed by atoms with Crippen LogP contribution in [0.15, 0.2) is 41.1 Å². The molecular weight excluding hydrogens is 411 g/mol. The summed E-state index contributed by atoms with van der Waals surface area (Å²) in [6.45, 7) is 2.03. The van der Waals surface area contributed by atoms with Gasteiger partial charge in [-0.3, -0.25) is 4.79 Å². The molecule has 0 radical (unpaired) electrons. The van der Waals surface area contributed by atoms with Gasteiger partial charge in [-0.15, -0.1) is 12.4 Å². The van der Waals surface area contributed by atoms with Gasteiger partial charge in [0, 0.05) is 25.4 Å². The Hall–Kier alpha value is -1.70. The number of rotatable bonds is 4. The van der Waals surface area contributed by atoms with Crippen molar-refractivity contribution in [3.8, 4) is 5.69 Å². The van der Waals surface area contributed by atoms with E-state index in [9.17, 15) is 9.18 Å². The molecule has 0 saturated carbocycles. The Morgan fingerprint density at radius 1 is 1.48 bits per heavy atom. The van der Waals surface area contributed by atoms with Gasteiger partial charge in [-0.05, 0) is 58.6 Å². The number of carbonyl (C=O) groups is 1. The van der Waals surface area contributed by atoms with E-state index in [1.54, 1.807) is 35.5 Å². The lowest BCUT2D eigenvalue weighted by molar-refractivity contribution is -0.125. The number of hydrogen-bond acceptors (Lipinski definition) is 3. The van der Waals surface area contributed by atoms with E-state index >= 15 is 0 Å². The van der Waals surface area contributed by atoms with Crippen LogP contribution in [0.5, 0.6) is 0 Å². The minimum Gasteiger partial charge on any atom is -0.339 e. The van der Waals surface area contributed by atoms with Gasteiger partial charge in [-0.25, -0.2) is 9.07 Å². The van der Waals surface area contributed by atoms with Crippen molar-refractivity contribution in [2.45, 2.75) is 6.42 Å². The van der Waals surface area contributed by atoms with Crippen molar-refractivity contribution in [1.29, 1.82) is 0 Å². The SMILES string of the molecule is Cl.NCC1CCN(C(=O)/C=C/c2ccc(-n3cc(Br)cn3)c(F)c2)C1. The maximum absolute atomic E-state index is 14.2. The van der Waals surface area contributed by atoms with E-state index in [0.29, 0.717) is 30.3 Å². The molecule has 1 saturated heterocycles. The Kier molecular flexibility index (Phi) is 6.75. The molecule has 2 N–H and O–H groups in total. The Morgan fingerprint density at radius 3 is 2.88 bits per heavy atom. The molecule has 1 aromatic carbocycles. The Bertz CT molecular complexity index is 780. The second-order valence-electron chi connectivity index (χ2n) is 5.82. The summed E-state index contributed by atoms with van der Waals surface area (Å²) in [5.74, 6) is -0.0801. The highest BCUT2D eigenvalue weighted by atomic mass is 79.9. The van der Waals surface area contributed by atoms with Crippen LogP contribution in [0.3, 0.4) is 0 Å². The average Bonchev–Trinajstić information content (AvgIpc) is 3.21. The normalized spacial score (nSPS) is 17.1. The molecule has 2 aromatic rings. The lowest BCUT2D eigenvalue weighted by Crippen LogP contribution is -2.28. The highest BCUT2D eigenvalue weighted by molar-refractivity contribution is 9.10. The molecule has 0 bridgehead atoms. The Labute approximate surface area is 160 Å². The van der Waals surface area contributed by atoms with E-state index < -0.39 is 5.82 Å². The number of nitrogens with two attached hydrogens (primary N) is 1. The average molecular weight is 430 g/mol. The minimum atomic E-state index is -0.399. The third-order valence-corrected chi connectivity index (χ3v) is 4.53. The van der Waals surface area contributed by atoms with Crippen LogP contribution in [0.25, 0.3) is 11.8 Å². The van der Waals surface area contributed by atoms with Gasteiger partial charge in [-0.2, -0.15) is 5.10 Å². The third-order valence-electron chi connectivity index (χ3n) is 4.12. The molecular formula is C17H19BrClFN4O. The number of benzene rings is 1. The summed E-state index contributed by atoms with van der Waals surface area (Å²) in [6, 6.07) is 4.78. The van der Waals surface area contributed by atoms with Gasteiger partial charge in [0.15, 0.2) is 0 Å². The largest absolute Gasteiger partial charge is 0.339 e. The standard InChI is InChI=1S/C17H18BrFN4O.ClH/c18-14-9-21-23(11-14)16-3-1-12(7-15(16)19)2-4-17(24)22-6-5-13(8-20)10-22;/h1-4,7,9,11,13H,5-6,8,10,20H2;1H/b4-2+;. The quantitative estimate of drug-likeness (QED) is 0.760. The summed E-state index contributed by atoms with van der Waals surface area (Å²) in [5, 5.41) is 4.06. The fourth-order valence-corrected chi connectivity index (χ4v) is 3.03. The Morgan fingerprint density at radius 2 is 2.28 bits per heavy atom. The molecule has 1 unspecified atom stereocenters. The molecule has 25 heavy (non-hydrogen) atoms. The molecule has 0 aliphatic carbocycles. The molecule has 5 nitrogen and oxygen atoms in total. The molecule has 1 aliphatic heterocycles. The van der Waals surface area contributed by atoms with Gasteiger partial charge in [0.25, 0.3) is 0 Å². The van der Waals surface area contributed by atoms with Gasteiger partial charge in [-0.1, -0.05) is 6.07 Å². The zero-order valence-electron chi connectivity index (χ0n) is 13.4. The number of aromatic nitrogens is 2. The van der Waals surface area contributed by atoms with Crippen LogP contribution in [-0.4, -0.2) is 40.2 Å². The zero-order valence-corrected chi connectivity index (χ0v) is 15.8. The topological polar surface area (TPSA) is 64.2 Å². The number of amides is 1. The number of nitrogens with zero attached hydrogens (tertiary/aromatic N) is 3. The van der Waals surface area contributed by atoms with Crippen LogP contribution in [-0.2, 0) is 4.79 Å². The first kappa shape index (κ1) is 19.6. The molecule has 2 heterocycles. The van der Waals surface area contributed by atoms with E-state index in [2.05, 4.69) is 21.0 Å². The summed E-state index contributed by atoms with van der Waals surface area (Å²) >= 11 is 3.28. The van der Waals surface area contributed by atoms with E-state index in [1.807, 2.05) is 0 Å². The van der Waals surface area contributed by atoms with Crippen molar-refractivity contribution in [1.82, 2.24) is 14.7 Å². The van der Waals surface area contributed by atoms with Crippen LogP contribution in [0.2, 0.25) is 0 Å². The smallest absolute Gasteiger partial charge is 0.246 e. The van der Waals surface area contributed by atoms with Crippen molar-refractivity contribution < 1.29 is 9.18 Å². The van der Waals surface area contributed by atoms with Gasteiger partial charge in [0.1, 0.15) is 11.5 Å². The first-order chi connectivity index (χ1) is 11.6. The van der Waals surface area contributed by atoms with Gasteiger partial charge >= 0.3 is 0 Å². The lowest BCUT2D eigenvalue weighted by atomic mass is 10.1. The van der Waals surface area contributed by atoms with Crippen molar-refractivity contribution in [2.24, 2.45) is 11.7 Å². The summed E-state index contributed by atoms with van der Waals surface area (Å²) < 4.78 is 16.5. The monoisotopic (exact) mass is 428 g/mol. The van der Waals surface area contributed by atoms with Crippen LogP contribution in [0, 0.1) is 11.7 Å². The van der Waals surface area contributed by atoms with Gasteiger partial charge in [0.05, 0.1) is 10.7 Å². The van der Waals surface area contributed by atoms with E-state index in [1.165, 1.54) is 16.8 Å². The first-order valence-electron chi connectivity index (χ1n) is 7.74. The maximum Gasteiger partial charge on any atom is 0.246 e. The minimum absolute atomic E-state index is 0.